The van der Waals surface area contributed by atoms with Crippen molar-refractivity contribution >= 4 is 5.97 Å². The first-order chi connectivity index (χ1) is 6.42. The fraction of sp³-hybridized carbons (Fsp3) is 0.900. The zero-order valence-corrected chi connectivity index (χ0v) is 8.62. The zero-order chi connectivity index (χ0) is 10.6. The third kappa shape index (κ3) is 0.880. The van der Waals surface area contributed by atoms with Crippen LogP contribution in [0.3, 0.4) is 0 Å². The molecule has 3 N–H and O–H groups in total. The summed E-state index contributed by atoms with van der Waals surface area (Å²) in [7, 11) is 0. The van der Waals surface area contributed by atoms with E-state index < -0.39 is 16.9 Å². The second kappa shape index (κ2) is 2.70. The number of ether oxygens (including phenoxy) is 1. The molecule has 0 unspecified atom stereocenters. The molecule has 1 aliphatic carbocycles. The van der Waals surface area contributed by atoms with E-state index in [1.165, 1.54) is 0 Å². The van der Waals surface area contributed by atoms with Gasteiger partial charge in [-0.15, -0.1) is 0 Å². The van der Waals surface area contributed by atoms with Crippen LogP contribution in [-0.4, -0.2) is 29.3 Å². The summed E-state index contributed by atoms with van der Waals surface area (Å²) < 4.78 is 5.59. The van der Waals surface area contributed by atoms with E-state index in [-0.39, 0.29) is 12.0 Å². The average Bonchev–Trinajstić information content (AvgIpc) is 2.16. The Kier molecular flexibility index (Phi) is 1.92. The molecule has 1 heterocycles. The monoisotopic (exact) mass is 199 g/mol. The lowest BCUT2D eigenvalue weighted by molar-refractivity contribution is -0.233. The lowest BCUT2D eigenvalue weighted by atomic mass is 9.46. The van der Waals surface area contributed by atoms with Crippen LogP contribution in [0.25, 0.3) is 0 Å². The average molecular weight is 199 g/mol. The molecule has 2 fully saturated rings. The van der Waals surface area contributed by atoms with E-state index in [0.29, 0.717) is 0 Å². The topological polar surface area (TPSA) is 72.5 Å². The molecule has 0 aromatic rings. The van der Waals surface area contributed by atoms with Crippen LogP contribution in [0, 0.1) is 11.3 Å². The van der Waals surface area contributed by atoms with E-state index in [1.54, 1.807) is 0 Å². The highest BCUT2D eigenvalue weighted by molar-refractivity contribution is 5.82. The SMILES string of the molecule is CC1(C)[C@H]2OCCC[C@H]2[C@]1(N)C(=O)O. The molecular formula is C10H17NO3. The lowest BCUT2D eigenvalue weighted by Gasteiger charge is -2.63. The van der Waals surface area contributed by atoms with Gasteiger partial charge in [0.15, 0.2) is 0 Å². The molecule has 0 aromatic carbocycles. The zero-order valence-electron chi connectivity index (χ0n) is 8.62. The number of aliphatic carboxylic acids is 1. The number of carboxylic acids is 1. The number of carbonyl (C=O) groups is 1. The highest BCUT2D eigenvalue weighted by Crippen LogP contribution is 2.57. The number of hydrogen-bond acceptors (Lipinski definition) is 3. The van der Waals surface area contributed by atoms with Crippen molar-refractivity contribution in [3.8, 4) is 0 Å². The van der Waals surface area contributed by atoms with E-state index in [4.69, 9.17) is 10.5 Å². The van der Waals surface area contributed by atoms with Crippen molar-refractivity contribution in [1.29, 1.82) is 0 Å². The van der Waals surface area contributed by atoms with Crippen LogP contribution >= 0.6 is 0 Å². The summed E-state index contributed by atoms with van der Waals surface area (Å²) in [6.07, 6.45) is 1.82. The van der Waals surface area contributed by atoms with Crippen molar-refractivity contribution in [2.75, 3.05) is 6.61 Å². The molecule has 1 saturated carbocycles. The van der Waals surface area contributed by atoms with Crippen molar-refractivity contribution in [3.05, 3.63) is 0 Å². The van der Waals surface area contributed by atoms with Gasteiger partial charge in [0.05, 0.1) is 6.10 Å². The van der Waals surface area contributed by atoms with Gasteiger partial charge in [0.1, 0.15) is 5.54 Å². The van der Waals surface area contributed by atoms with Crippen molar-refractivity contribution in [2.24, 2.45) is 17.1 Å². The predicted octanol–water partition coefficient (Wildman–Crippen LogP) is 0.603. The van der Waals surface area contributed by atoms with Gasteiger partial charge >= 0.3 is 5.97 Å². The third-order valence-corrected chi connectivity index (χ3v) is 4.04. The molecule has 2 aliphatic rings. The van der Waals surface area contributed by atoms with Crippen LogP contribution < -0.4 is 5.73 Å². The second-order valence-corrected chi connectivity index (χ2v) is 4.94. The van der Waals surface area contributed by atoms with Gasteiger partial charge in [0.25, 0.3) is 0 Å². The maximum absolute atomic E-state index is 11.2. The highest BCUT2D eigenvalue weighted by atomic mass is 16.5. The van der Waals surface area contributed by atoms with Gasteiger partial charge in [-0.05, 0) is 12.8 Å². The minimum Gasteiger partial charge on any atom is -0.480 e. The van der Waals surface area contributed by atoms with Crippen LogP contribution in [0.15, 0.2) is 0 Å². The molecule has 4 nitrogen and oxygen atoms in total. The van der Waals surface area contributed by atoms with Gasteiger partial charge in [-0.1, -0.05) is 13.8 Å². The summed E-state index contributed by atoms with van der Waals surface area (Å²) in [4.78, 5) is 11.2. The number of nitrogens with two attached hydrogens (primary N) is 1. The van der Waals surface area contributed by atoms with Crippen molar-refractivity contribution in [3.63, 3.8) is 0 Å². The predicted molar refractivity (Wildman–Crippen MR) is 50.8 cm³/mol. The minimum absolute atomic E-state index is 0.0104. The largest absolute Gasteiger partial charge is 0.480 e. The van der Waals surface area contributed by atoms with Crippen LogP contribution in [0.4, 0.5) is 0 Å². The Morgan fingerprint density at radius 3 is 2.79 bits per heavy atom. The Bertz CT molecular complexity index is 277. The Labute approximate surface area is 83.4 Å². The maximum atomic E-state index is 11.2. The molecule has 0 bridgehead atoms. The number of carboxylic acid groups (broad SMARTS) is 1. The lowest BCUT2D eigenvalue weighted by Crippen LogP contribution is -2.80. The molecule has 1 aliphatic heterocycles. The minimum atomic E-state index is -1.10. The first-order valence-corrected chi connectivity index (χ1v) is 5.06. The van der Waals surface area contributed by atoms with E-state index >= 15 is 0 Å². The summed E-state index contributed by atoms with van der Waals surface area (Å²) in [6, 6.07) is 0. The number of fused-ring (bicyclic) bond motifs is 1. The molecule has 1 saturated heterocycles. The van der Waals surface area contributed by atoms with Gasteiger partial charge in [-0.2, -0.15) is 0 Å². The quantitative estimate of drug-likeness (QED) is 0.648. The molecule has 0 radical (unpaired) electrons. The van der Waals surface area contributed by atoms with E-state index in [1.807, 2.05) is 13.8 Å². The fourth-order valence-corrected chi connectivity index (χ4v) is 3.01. The molecule has 0 spiro atoms. The Balaban J connectivity index is 2.30. The summed E-state index contributed by atoms with van der Waals surface area (Å²) in [6.45, 7) is 4.50. The maximum Gasteiger partial charge on any atom is 0.324 e. The fourth-order valence-electron chi connectivity index (χ4n) is 3.01. The summed E-state index contributed by atoms with van der Waals surface area (Å²) in [5.41, 5.74) is 4.44. The van der Waals surface area contributed by atoms with E-state index in [2.05, 4.69) is 0 Å². The molecule has 4 heteroatoms. The van der Waals surface area contributed by atoms with Crippen molar-refractivity contribution in [1.82, 2.24) is 0 Å². The summed E-state index contributed by atoms with van der Waals surface area (Å²) >= 11 is 0. The van der Waals surface area contributed by atoms with Crippen LogP contribution in [-0.2, 0) is 9.53 Å². The van der Waals surface area contributed by atoms with Gasteiger partial charge < -0.3 is 15.6 Å². The van der Waals surface area contributed by atoms with Crippen molar-refractivity contribution in [2.45, 2.75) is 38.3 Å². The van der Waals surface area contributed by atoms with Crippen LogP contribution in [0.1, 0.15) is 26.7 Å². The molecule has 3 atom stereocenters. The first-order valence-electron chi connectivity index (χ1n) is 5.06. The smallest absolute Gasteiger partial charge is 0.324 e. The van der Waals surface area contributed by atoms with Crippen molar-refractivity contribution < 1.29 is 14.6 Å². The second-order valence-electron chi connectivity index (χ2n) is 4.94. The van der Waals surface area contributed by atoms with Crippen LogP contribution in [0.5, 0.6) is 0 Å². The van der Waals surface area contributed by atoms with Gasteiger partial charge in [0, 0.05) is 17.9 Å². The molecule has 2 rings (SSSR count). The standard InChI is InChI=1S/C10H17NO3/c1-9(2)7-6(4-3-5-14-7)10(9,11)8(12)13/h6-7H,3-5,11H2,1-2H3,(H,12,13)/t6-,7+,10+/m1/s1. The van der Waals surface area contributed by atoms with E-state index in [0.717, 1.165) is 19.4 Å². The normalized spacial score (nSPS) is 45.1. The molecule has 0 amide bonds. The van der Waals surface area contributed by atoms with Crippen LogP contribution in [0.2, 0.25) is 0 Å². The number of rotatable bonds is 1. The highest BCUT2D eigenvalue weighted by Gasteiger charge is 2.70. The Morgan fingerprint density at radius 1 is 1.57 bits per heavy atom. The molecular weight excluding hydrogens is 182 g/mol. The first kappa shape index (κ1) is 9.93. The summed E-state index contributed by atoms with van der Waals surface area (Å²) in [5, 5.41) is 9.19. The summed E-state index contributed by atoms with van der Waals surface area (Å²) in [5.74, 6) is -0.905. The molecule has 80 valence electrons. The van der Waals surface area contributed by atoms with Gasteiger partial charge in [-0.25, -0.2) is 0 Å². The molecule has 14 heavy (non-hydrogen) atoms. The third-order valence-electron chi connectivity index (χ3n) is 4.04. The van der Waals surface area contributed by atoms with E-state index in [9.17, 15) is 9.90 Å². The Morgan fingerprint density at radius 2 is 2.21 bits per heavy atom. The Hall–Kier alpha value is -0.610. The van der Waals surface area contributed by atoms with Gasteiger partial charge in [0.2, 0.25) is 0 Å². The number of hydrogen-bond donors (Lipinski definition) is 2. The molecule has 0 aromatic heterocycles. The van der Waals surface area contributed by atoms with Gasteiger partial charge in [-0.3, -0.25) is 4.79 Å².